The second kappa shape index (κ2) is 12.2. The van der Waals surface area contributed by atoms with E-state index < -0.39 is 15.7 Å². The highest BCUT2D eigenvalue weighted by atomic mass is 32.2. The van der Waals surface area contributed by atoms with E-state index in [0.29, 0.717) is 67.9 Å². The number of nitrogens with zero attached hydrogens (tertiary/aromatic N) is 3. The van der Waals surface area contributed by atoms with Crippen LogP contribution in [0.2, 0.25) is 0 Å². The number of rotatable bonds is 12. The Morgan fingerprint density at radius 2 is 2.00 bits per heavy atom. The molecule has 13 heteroatoms. The van der Waals surface area contributed by atoms with Gasteiger partial charge in [-0.3, -0.25) is 10.1 Å². The van der Waals surface area contributed by atoms with E-state index in [2.05, 4.69) is 25.8 Å². The van der Waals surface area contributed by atoms with Crippen molar-refractivity contribution in [2.45, 2.75) is 35.5 Å². The second-order valence-electron chi connectivity index (χ2n) is 9.10. The number of carbonyl (C=O) groups is 1. The van der Waals surface area contributed by atoms with E-state index in [1.54, 1.807) is 24.4 Å². The van der Waals surface area contributed by atoms with Crippen LogP contribution in [0.3, 0.4) is 0 Å². The van der Waals surface area contributed by atoms with Crippen molar-refractivity contribution < 1.29 is 27.5 Å². The van der Waals surface area contributed by atoms with Gasteiger partial charge in [0.2, 0.25) is 5.88 Å². The molecule has 1 saturated heterocycles. The molecule has 1 amide bonds. The highest BCUT2D eigenvalue weighted by Gasteiger charge is 2.36. The molecule has 1 aliphatic carbocycles. The lowest BCUT2D eigenvalue weighted by atomic mass is 10.1. The highest BCUT2D eigenvalue weighted by molar-refractivity contribution is 7.92. The molecule has 0 spiro atoms. The maximum atomic E-state index is 13.3. The minimum atomic E-state index is -3.35. The number of aromatic nitrogens is 2. The number of anilines is 1. The lowest BCUT2D eigenvalue weighted by Gasteiger charge is -2.10. The summed E-state index contributed by atoms with van der Waals surface area (Å²) in [4.78, 5) is 28.7. The summed E-state index contributed by atoms with van der Waals surface area (Å²) < 4.78 is 36.1. The van der Waals surface area contributed by atoms with Crippen LogP contribution in [0.5, 0.6) is 5.88 Å². The lowest BCUT2D eigenvalue weighted by Crippen LogP contribution is -2.25. The van der Waals surface area contributed by atoms with Crippen LogP contribution in [-0.4, -0.2) is 74.8 Å². The van der Waals surface area contributed by atoms with Crippen LogP contribution in [0.1, 0.15) is 24.8 Å². The summed E-state index contributed by atoms with van der Waals surface area (Å²) in [6.45, 7) is 2.13. The van der Waals surface area contributed by atoms with Gasteiger partial charge < -0.3 is 19.6 Å². The molecule has 39 heavy (non-hydrogen) atoms. The smallest absolute Gasteiger partial charge is 0.280 e. The molecule has 11 nitrogen and oxygen atoms in total. The van der Waals surface area contributed by atoms with Crippen molar-refractivity contribution in [1.29, 1.82) is 0 Å². The van der Waals surface area contributed by atoms with Crippen molar-refractivity contribution in [3.63, 3.8) is 0 Å². The molecule has 2 N–H and O–H groups in total. The van der Waals surface area contributed by atoms with Crippen LogP contribution in [0.4, 0.5) is 5.13 Å². The van der Waals surface area contributed by atoms with Gasteiger partial charge in [-0.2, -0.15) is 0 Å². The Morgan fingerprint density at radius 1 is 1.18 bits per heavy atom. The van der Waals surface area contributed by atoms with E-state index in [1.807, 2.05) is 19.2 Å². The van der Waals surface area contributed by atoms with Crippen molar-refractivity contribution >= 4 is 37.9 Å². The number of thiazole rings is 1. The number of amides is 1. The number of ether oxygens (including phenoxy) is 2. The average molecular weight is 572 g/mol. The minimum absolute atomic E-state index is 0.00655. The van der Waals surface area contributed by atoms with Crippen molar-refractivity contribution in [3.05, 3.63) is 54.2 Å². The summed E-state index contributed by atoms with van der Waals surface area (Å²) in [5, 5.41) is 9.96. The van der Waals surface area contributed by atoms with Crippen LogP contribution in [0.15, 0.2) is 58.7 Å². The first-order valence-electron chi connectivity index (χ1n) is 12.6. The Balaban J connectivity index is 1.33. The molecule has 0 radical (unpaired) electrons. The van der Waals surface area contributed by atoms with Crippen molar-refractivity contribution in [2.24, 2.45) is 5.16 Å². The Morgan fingerprint density at radius 3 is 2.72 bits per heavy atom. The van der Waals surface area contributed by atoms with E-state index in [4.69, 9.17) is 14.3 Å². The summed E-state index contributed by atoms with van der Waals surface area (Å²) >= 11 is 1.25. The van der Waals surface area contributed by atoms with Gasteiger partial charge in [-0.15, -0.1) is 0 Å². The number of hydrogen-bond donors (Lipinski definition) is 2. The third-order valence-corrected chi connectivity index (χ3v) is 9.33. The van der Waals surface area contributed by atoms with Gasteiger partial charge in [-0.1, -0.05) is 34.7 Å². The molecule has 3 aromatic rings. The molecule has 0 unspecified atom stereocenters. The first kappa shape index (κ1) is 27.2. The fraction of sp³-hybridized carbons (Fsp3) is 0.385. The fourth-order valence-corrected chi connectivity index (χ4v) is 6.26. The summed E-state index contributed by atoms with van der Waals surface area (Å²) in [6.07, 6.45) is 3.38. The Hall–Kier alpha value is -3.39. The van der Waals surface area contributed by atoms with Gasteiger partial charge in [-0.05, 0) is 38.1 Å². The third kappa shape index (κ3) is 6.79. The van der Waals surface area contributed by atoms with Gasteiger partial charge in [0.25, 0.3) is 5.91 Å². The molecule has 2 aliphatic rings. The number of carbonyl (C=O) groups excluding carboxylic acids is 1. The molecular formula is C26H29N5O6S2. The lowest BCUT2D eigenvalue weighted by molar-refractivity contribution is -0.110. The Bertz CT molecular complexity index is 1430. The van der Waals surface area contributed by atoms with Crippen LogP contribution in [0.25, 0.3) is 10.6 Å². The van der Waals surface area contributed by atoms with Gasteiger partial charge in [0, 0.05) is 30.8 Å². The predicted molar refractivity (Wildman–Crippen MR) is 147 cm³/mol. The van der Waals surface area contributed by atoms with Crippen LogP contribution in [0, 0.1) is 0 Å². The monoisotopic (exact) mass is 571 g/mol. The molecule has 1 saturated carbocycles. The minimum Gasteiger partial charge on any atom is -0.476 e. The maximum Gasteiger partial charge on any atom is 0.280 e. The first-order valence-corrected chi connectivity index (χ1v) is 15.0. The molecule has 206 valence electrons. The Kier molecular flexibility index (Phi) is 8.50. The van der Waals surface area contributed by atoms with Crippen molar-refractivity contribution in [2.75, 3.05) is 38.7 Å². The first-order chi connectivity index (χ1) is 18.9. The number of likely N-dealkylation sites (N-methyl/N-ethyl adjacent to an activating group) is 1. The van der Waals surface area contributed by atoms with Gasteiger partial charge in [-0.25, -0.2) is 18.4 Å². The molecule has 2 fully saturated rings. The summed E-state index contributed by atoms with van der Waals surface area (Å²) in [6, 6.07) is 11.6. The molecule has 3 heterocycles. The zero-order valence-electron chi connectivity index (χ0n) is 21.3. The van der Waals surface area contributed by atoms with Gasteiger partial charge in [0.15, 0.2) is 26.8 Å². The second-order valence-corrected chi connectivity index (χ2v) is 12.4. The number of benzene rings is 1. The largest absolute Gasteiger partial charge is 0.476 e. The number of nitrogens with one attached hydrogen (secondary N) is 2. The summed E-state index contributed by atoms with van der Waals surface area (Å²) in [5.74, 6) is -0.0407. The standard InChI is InChI=1S/C26H29N5O6S2/c1-27-12-14-36-23-4-2-3-21(29-23)22-15-28-26(38-22)30-25(32)24(31-37-18-11-13-35-16-18)17-5-7-19(8-6-17)39(33,34)20-9-10-20/h2-8,15,18,20,27H,9-14,16H2,1H3,(H,28,30,32)/t18-/m1/s1. The third-order valence-electron chi connectivity index (χ3n) is 6.12. The van der Waals surface area contributed by atoms with E-state index in [-0.39, 0.29) is 22.0 Å². The molecule has 1 atom stereocenters. The molecule has 5 rings (SSSR count). The topological polar surface area (TPSA) is 141 Å². The van der Waals surface area contributed by atoms with Gasteiger partial charge in [0.05, 0.1) is 33.9 Å². The fourth-order valence-electron chi connectivity index (χ4n) is 3.82. The summed E-state index contributed by atoms with van der Waals surface area (Å²) in [5.41, 5.74) is 1.10. The number of oxime groups is 1. The molecule has 2 aromatic heterocycles. The van der Waals surface area contributed by atoms with E-state index in [0.717, 1.165) is 4.88 Å². The highest BCUT2D eigenvalue weighted by Crippen LogP contribution is 2.33. The number of sulfone groups is 1. The quantitative estimate of drug-likeness (QED) is 0.191. The van der Waals surface area contributed by atoms with E-state index in [9.17, 15) is 13.2 Å². The van der Waals surface area contributed by atoms with Crippen molar-refractivity contribution in [1.82, 2.24) is 15.3 Å². The van der Waals surface area contributed by atoms with Gasteiger partial charge >= 0.3 is 0 Å². The van der Waals surface area contributed by atoms with E-state index in [1.165, 1.54) is 23.5 Å². The Labute approximate surface area is 230 Å². The number of pyridine rings is 1. The van der Waals surface area contributed by atoms with Gasteiger partial charge in [0.1, 0.15) is 6.61 Å². The predicted octanol–water partition coefficient (Wildman–Crippen LogP) is 2.89. The number of hydrogen-bond acceptors (Lipinski definition) is 11. The maximum absolute atomic E-state index is 13.3. The molecule has 1 aromatic carbocycles. The molecule has 1 aliphatic heterocycles. The van der Waals surface area contributed by atoms with E-state index >= 15 is 0 Å². The average Bonchev–Trinajstić information content (AvgIpc) is 3.50. The normalized spacial score (nSPS) is 17.7. The zero-order chi connectivity index (χ0) is 27.2. The van der Waals surface area contributed by atoms with Crippen LogP contribution in [-0.2, 0) is 24.2 Å². The van der Waals surface area contributed by atoms with Crippen LogP contribution >= 0.6 is 11.3 Å². The summed E-state index contributed by atoms with van der Waals surface area (Å²) in [7, 11) is -1.50. The zero-order valence-corrected chi connectivity index (χ0v) is 23.0. The SMILES string of the molecule is CNCCOc1cccc(-c2cnc(NC(=O)C(=NO[C@@H]3CCOC3)c3ccc(S(=O)(=O)C4CC4)cc3)s2)n1. The molecule has 0 bridgehead atoms. The molecular weight excluding hydrogens is 542 g/mol. The van der Waals surface area contributed by atoms with Crippen molar-refractivity contribution in [3.8, 4) is 16.5 Å². The van der Waals surface area contributed by atoms with Crippen LogP contribution < -0.4 is 15.4 Å².